The van der Waals surface area contributed by atoms with Crippen LogP contribution in [-0.2, 0) is 0 Å². The third kappa shape index (κ3) is 10.1. The fourth-order valence-electron chi connectivity index (χ4n) is 10.0. The quantitative estimate of drug-likeness (QED) is 0.109. The standard InChI is InChI=1S/C38H30N4Si.3C9H7NO.Al/c1-43(2)37(33-23-13-21-31(41-33)29-19-9-11-25-39-29)35(27-15-5-3-6-16-27)36(28-17-7-4-8-18-28)38(43)34-24-14-22-32(42-34)30-20-10-12-26-40-30;3*11-8-5-1-3-7-4-2-6-10-9(7)8;/h3-26H,1-2H3;3*1-6,11H;/q;;;;+3/p-3. The van der Waals surface area contributed by atoms with Gasteiger partial charge in [0.15, 0.2) is 0 Å². The Kier molecular flexibility index (Phi) is 13.7. The molecule has 0 fully saturated rings. The van der Waals surface area contributed by atoms with Crippen LogP contribution in [0.3, 0.4) is 0 Å². The van der Waals surface area contributed by atoms with E-state index in [1.165, 1.54) is 32.7 Å². The number of hydrogen-bond acceptors (Lipinski definition) is 10. The average molecular weight is 1030 g/mol. The topological polar surface area (TPSA) is 118 Å². The van der Waals surface area contributed by atoms with E-state index in [-0.39, 0.29) is 0 Å². The fourth-order valence-corrected chi connectivity index (χ4v) is 15.0. The lowest BCUT2D eigenvalue weighted by Crippen LogP contribution is -2.37. The van der Waals surface area contributed by atoms with Gasteiger partial charge in [-0.15, -0.1) is 0 Å². The Morgan fingerprint density at radius 2 is 0.623 bits per heavy atom. The maximum absolute atomic E-state index is 6.41. The van der Waals surface area contributed by atoms with Crippen molar-refractivity contribution in [1.29, 1.82) is 0 Å². The van der Waals surface area contributed by atoms with Gasteiger partial charge in [0.25, 0.3) is 0 Å². The summed E-state index contributed by atoms with van der Waals surface area (Å²) >= 11 is -2.86. The Morgan fingerprint density at radius 1 is 0.299 bits per heavy atom. The van der Waals surface area contributed by atoms with Gasteiger partial charge in [0, 0.05) is 47.1 Å². The third-order valence-corrected chi connectivity index (χ3v) is 18.3. The van der Waals surface area contributed by atoms with Crippen LogP contribution in [0.4, 0.5) is 0 Å². The monoisotopic (exact) mass is 1030 g/mol. The summed E-state index contributed by atoms with van der Waals surface area (Å²) in [6.45, 7) is 4.86. The molecule has 0 N–H and O–H groups in total. The Bertz CT molecular complexity index is 3780. The van der Waals surface area contributed by atoms with E-state index in [0.717, 1.165) is 66.9 Å². The number of aromatic nitrogens is 7. The van der Waals surface area contributed by atoms with Crippen LogP contribution < -0.4 is 11.4 Å². The summed E-state index contributed by atoms with van der Waals surface area (Å²) in [6.07, 6.45) is 8.88. The molecular formula is C65H48AlN7O3Si. The van der Waals surface area contributed by atoms with Crippen molar-refractivity contribution in [2.45, 2.75) is 13.1 Å². The molecule has 1 aliphatic heterocycles. The molecule has 5 aromatic carbocycles. The van der Waals surface area contributed by atoms with Gasteiger partial charge >= 0.3 is 15.1 Å². The molecule has 8 heterocycles. The number of benzene rings is 5. The zero-order valence-corrected chi connectivity index (χ0v) is 44.3. The van der Waals surface area contributed by atoms with Crippen LogP contribution in [0.5, 0.6) is 17.2 Å². The molecule has 12 heteroatoms. The highest BCUT2D eigenvalue weighted by atomic mass is 28.3. The van der Waals surface area contributed by atoms with Crippen LogP contribution in [0, 0.1) is 0 Å². The van der Waals surface area contributed by atoms with Crippen molar-refractivity contribution in [3.8, 4) is 40.0 Å². The molecule has 0 saturated carbocycles. The Balaban J connectivity index is 0.000000159. The first-order chi connectivity index (χ1) is 38.0. The van der Waals surface area contributed by atoms with E-state index in [9.17, 15) is 0 Å². The van der Waals surface area contributed by atoms with Crippen LogP contribution in [0.25, 0.3) is 77.0 Å². The van der Waals surface area contributed by atoms with Gasteiger partial charge in [-0.3, -0.25) is 24.9 Å². The van der Waals surface area contributed by atoms with Crippen molar-refractivity contribution in [3.63, 3.8) is 0 Å². The Labute approximate surface area is 452 Å². The Hall–Kier alpha value is -9.44. The minimum absolute atomic E-state index is 0.608. The van der Waals surface area contributed by atoms with Crippen molar-refractivity contribution < 1.29 is 11.4 Å². The van der Waals surface area contributed by atoms with E-state index in [2.05, 4.69) is 123 Å². The Morgan fingerprint density at radius 3 is 1.00 bits per heavy atom. The molecule has 12 aromatic rings. The minimum Gasteiger partial charge on any atom is -0.576 e. The van der Waals surface area contributed by atoms with Crippen LogP contribution in [0.15, 0.2) is 255 Å². The number of para-hydroxylation sites is 3. The van der Waals surface area contributed by atoms with Crippen LogP contribution in [0.2, 0.25) is 13.1 Å². The van der Waals surface area contributed by atoms with E-state index in [4.69, 9.17) is 21.3 Å². The molecular weight excluding hydrogens is 982 g/mol. The number of fused-ring (bicyclic) bond motifs is 3. The zero-order chi connectivity index (χ0) is 52.0. The smallest absolute Gasteiger partial charge is 0.576 e. The first-order valence-corrected chi connectivity index (χ1v) is 29.8. The molecule has 368 valence electrons. The van der Waals surface area contributed by atoms with E-state index in [1.54, 1.807) is 18.6 Å². The number of hydrogen-bond donors (Lipinski definition) is 0. The molecule has 0 radical (unpaired) electrons. The van der Waals surface area contributed by atoms with Gasteiger partial charge in [0.1, 0.15) is 41.9 Å². The maximum Gasteiger partial charge on any atom is 1.20 e. The van der Waals surface area contributed by atoms with Crippen LogP contribution >= 0.6 is 0 Å². The van der Waals surface area contributed by atoms with Crippen molar-refractivity contribution in [2.24, 2.45) is 0 Å². The van der Waals surface area contributed by atoms with Gasteiger partial charge in [-0.2, -0.15) is 0 Å². The summed E-state index contributed by atoms with van der Waals surface area (Å²) in [5.74, 6) is 1.82. The predicted molar refractivity (Wildman–Crippen MR) is 312 cm³/mol. The van der Waals surface area contributed by atoms with E-state index in [0.29, 0.717) is 17.2 Å². The first-order valence-electron chi connectivity index (χ1n) is 25.4. The fraction of sp³-hybridized carbons (Fsp3) is 0.0308. The number of pyridine rings is 7. The summed E-state index contributed by atoms with van der Waals surface area (Å²) in [5, 5.41) is 5.54. The van der Waals surface area contributed by atoms with Crippen molar-refractivity contribution in [2.75, 3.05) is 0 Å². The second-order valence-electron chi connectivity index (χ2n) is 18.7. The average Bonchev–Trinajstić information content (AvgIpc) is 4.01. The predicted octanol–water partition coefficient (Wildman–Crippen LogP) is 14.8. The maximum atomic E-state index is 6.41. The molecule has 7 aromatic heterocycles. The van der Waals surface area contributed by atoms with Gasteiger partial charge in [-0.1, -0.05) is 153 Å². The molecule has 0 aliphatic carbocycles. The SMILES string of the molecule is C[Si]1(C)C(c2cccc(-c3ccccn3)n2)=C(c2ccccc2)C(c2ccccc2)=C1c1cccc(-c2ccccn2)n1.c1cnc2c([O][Al]([O]c3cccc4cccnc34)[O]c3cccc4cccnc34)cccc2c1. The molecule has 13 rings (SSSR count). The van der Waals surface area contributed by atoms with Gasteiger partial charge in [-0.25, -0.2) is 9.97 Å². The summed E-state index contributed by atoms with van der Waals surface area (Å²) in [6, 6.07) is 75.1. The molecule has 0 saturated heterocycles. The highest BCUT2D eigenvalue weighted by Gasteiger charge is 2.47. The normalized spacial score (nSPS) is 12.8. The van der Waals surface area contributed by atoms with E-state index < -0.39 is 23.2 Å². The number of allylic oxidation sites excluding steroid dienone is 2. The van der Waals surface area contributed by atoms with Gasteiger partial charge in [0.2, 0.25) is 0 Å². The molecule has 0 atom stereocenters. The molecule has 77 heavy (non-hydrogen) atoms. The highest BCUT2D eigenvalue weighted by molar-refractivity contribution is 7.13. The lowest BCUT2D eigenvalue weighted by atomic mass is 9.90. The molecule has 10 nitrogen and oxygen atoms in total. The van der Waals surface area contributed by atoms with Crippen LogP contribution in [-0.4, -0.2) is 58.1 Å². The second kappa shape index (κ2) is 21.8. The summed E-state index contributed by atoms with van der Waals surface area (Å²) in [7, 11) is -2.43. The van der Waals surface area contributed by atoms with Crippen molar-refractivity contribution in [3.05, 3.63) is 278 Å². The summed E-state index contributed by atoms with van der Waals surface area (Å²) in [4.78, 5) is 33.3. The van der Waals surface area contributed by atoms with Gasteiger partial charge < -0.3 is 11.4 Å². The molecule has 0 spiro atoms. The molecule has 0 bridgehead atoms. The van der Waals surface area contributed by atoms with E-state index >= 15 is 0 Å². The number of nitrogens with zero attached hydrogens (tertiary/aromatic N) is 7. The number of rotatable bonds is 12. The van der Waals surface area contributed by atoms with E-state index in [1.807, 2.05) is 152 Å². The summed E-state index contributed by atoms with van der Waals surface area (Å²) < 4.78 is 19.2. The first kappa shape index (κ1) is 48.5. The lowest BCUT2D eigenvalue weighted by Gasteiger charge is -2.25. The zero-order valence-electron chi connectivity index (χ0n) is 42.2. The van der Waals surface area contributed by atoms with Gasteiger partial charge in [0.05, 0.1) is 34.2 Å². The van der Waals surface area contributed by atoms with Crippen molar-refractivity contribution >= 4 is 77.5 Å². The van der Waals surface area contributed by atoms with Crippen LogP contribution in [0.1, 0.15) is 22.5 Å². The van der Waals surface area contributed by atoms with Crippen molar-refractivity contribution in [1.82, 2.24) is 34.9 Å². The van der Waals surface area contributed by atoms with Gasteiger partial charge in [-0.05, 0) is 118 Å². The largest absolute Gasteiger partial charge is 1.20 e. The molecule has 1 aliphatic rings. The lowest BCUT2D eigenvalue weighted by molar-refractivity contribution is 0.311. The minimum atomic E-state index is -2.86. The molecule has 0 unspecified atom stereocenters. The summed E-state index contributed by atoms with van der Waals surface area (Å²) in [5.41, 5.74) is 12.5. The highest BCUT2D eigenvalue weighted by Crippen LogP contribution is 2.55. The third-order valence-electron chi connectivity index (χ3n) is 13.4. The second-order valence-corrected chi connectivity index (χ2v) is 24.3. The molecule has 0 amide bonds.